The Labute approximate surface area is 325 Å². The normalized spacial score (nSPS) is 11.6. The summed E-state index contributed by atoms with van der Waals surface area (Å²) < 4.78 is 8.56. The van der Waals surface area contributed by atoms with Gasteiger partial charge in [0.2, 0.25) is 0 Å². The first-order valence-corrected chi connectivity index (χ1v) is 21.5. The Kier molecular flexibility index (Phi) is 10.3. The summed E-state index contributed by atoms with van der Waals surface area (Å²) in [5.41, 5.74) is 9.24. The molecule has 0 saturated heterocycles. The molecule has 4 nitrogen and oxygen atoms in total. The quantitative estimate of drug-likeness (QED) is 0.123. The molecule has 9 aromatic rings. The van der Waals surface area contributed by atoms with Crippen LogP contribution in [0.4, 0.5) is 0 Å². The minimum Gasteiger partial charge on any atom is -0.501 e. The smallest absolute Gasteiger partial charge is 0.120 e. The predicted molar refractivity (Wildman–Crippen MR) is 220 cm³/mol. The van der Waals surface area contributed by atoms with Crippen LogP contribution >= 0.6 is 0 Å². The van der Waals surface area contributed by atoms with Gasteiger partial charge in [0.1, 0.15) is 5.58 Å². The first-order chi connectivity index (χ1) is 25.3. The van der Waals surface area contributed by atoms with Crippen LogP contribution in [0.1, 0.15) is 19.4 Å². The SMILES string of the molecule is CC(C)Cc1cc(-c2[c-]cccc2)ncc1[Si](C)(C)C.[Ir].[c-]1ccc2c(oc3ccccc32)c1-c1nc2ccccc2n1-c1cccc2ccccc12. The van der Waals surface area contributed by atoms with E-state index in [0.717, 1.165) is 67.7 Å². The standard InChI is InChI=1S/C29H17N2O.C18H24NSi.Ir/c1-2-11-20-19(9-1)10-7-17-25(20)31-26-16-5-4-15-24(26)30-29(31)23-14-8-13-22-21-12-3-6-18-27(21)32-28(22)23;1-14(2)11-16-12-17(15-9-7-6-8-10-15)19-13-18(16)20(3,4)5;/h1-13,15-18H;6-9,12-14H,11H2,1-5H3;/q2*-1;. The molecule has 0 saturated carbocycles. The van der Waals surface area contributed by atoms with E-state index in [1.807, 2.05) is 48.5 Å². The first kappa shape index (κ1) is 36.2. The van der Waals surface area contributed by atoms with Crippen molar-refractivity contribution < 1.29 is 24.5 Å². The molecule has 0 bridgehead atoms. The number of hydrogen-bond acceptors (Lipinski definition) is 3. The van der Waals surface area contributed by atoms with Crippen LogP contribution in [0.3, 0.4) is 0 Å². The Morgan fingerprint density at radius 1 is 0.736 bits per heavy atom. The maximum Gasteiger partial charge on any atom is 0.120 e. The van der Waals surface area contributed by atoms with Crippen molar-refractivity contribution in [2.24, 2.45) is 5.92 Å². The summed E-state index contributed by atoms with van der Waals surface area (Å²) in [6, 6.07) is 52.3. The molecule has 0 aliphatic carbocycles. The van der Waals surface area contributed by atoms with E-state index in [2.05, 4.69) is 146 Å². The molecule has 0 N–H and O–H groups in total. The van der Waals surface area contributed by atoms with Crippen LogP contribution in [-0.2, 0) is 26.5 Å². The minimum atomic E-state index is -1.34. The van der Waals surface area contributed by atoms with Gasteiger partial charge in [-0.2, -0.15) is 0 Å². The topological polar surface area (TPSA) is 43.9 Å². The Hall–Kier alpha value is -5.13. The third-order valence-corrected chi connectivity index (χ3v) is 11.6. The minimum absolute atomic E-state index is 0. The summed E-state index contributed by atoms with van der Waals surface area (Å²) in [5, 5.41) is 6.04. The fourth-order valence-corrected chi connectivity index (χ4v) is 8.77. The van der Waals surface area contributed by atoms with E-state index in [4.69, 9.17) is 9.40 Å². The van der Waals surface area contributed by atoms with E-state index < -0.39 is 8.07 Å². The molecule has 53 heavy (non-hydrogen) atoms. The summed E-state index contributed by atoms with van der Waals surface area (Å²) in [6.07, 6.45) is 3.24. The molecule has 0 spiro atoms. The zero-order valence-electron chi connectivity index (χ0n) is 30.6. The largest absolute Gasteiger partial charge is 0.501 e. The number of benzene rings is 6. The van der Waals surface area contributed by atoms with Crippen molar-refractivity contribution >= 4 is 57.0 Å². The van der Waals surface area contributed by atoms with E-state index in [9.17, 15) is 0 Å². The molecule has 0 aliphatic rings. The van der Waals surface area contributed by atoms with Crippen molar-refractivity contribution in [1.29, 1.82) is 0 Å². The summed E-state index contributed by atoms with van der Waals surface area (Å²) in [4.78, 5) is 9.74. The number of fused-ring (bicyclic) bond motifs is 5. The third-order valence-electron chi connectivity index (χ3n) is 9.54. The molecule has 0 atom stereocenters. The number of rotatable bonds is 6. The van der Waals surface area contributed by atoms with Gasteiger partial charge in [-0.15, -0.1) is 54.1 Å². The van der Waals surface area contributed by atoms with Crippen LogP contribution in [0.25, 0.3) is 72.1 Å². The van der Waals surface area contributed by atoms with Crippen molar-refractivity contribution in [3.05, 3.63) is 157 Å². The Morgan fingerprint density at radius 2 is 1.47 bits per heavy atom. The van der Waals surface area contributed by atoms with Crippen LogP contribution in [0.5, 0.6) is 0 Å². The number of pyridine rings is 1. The molecule has 0 fully saturated rings. The number of para-hydroxylation sites is 3. The summed E-state index contributed by atoms with van der Waals surface area (Å²) >= 11 is 0. The molecule has 265 valence electrons. The van der Waals surface area contributed by atoms with Crippen LogP contribution < -0.4 is 5.19 Å². The summed E-state index contributed by atoms with van der Waals surface area (Å²) in [7, 11) is -1.34. The molecule has 3 aromatic heterocycles. The summed E-state index contributed by atoms with van der Waals surface area (Å²) in [5.74, 6) is 1.49. The molecule has 0 amide bonds. The van der Waals surface area contributed by atoms with Crippen LogP contribution in [0.15, 0.2) is 144 Å². The van der Waals surface area contributed by atoms with Crippen LogP contribution in [-0.4, -0.2) is 22.6 Å². The molecule has 6 heteroatoms. The molecule has 0 aliphatic heterocycles. The third kappa shape index (κ3) is 7.15. The Bertz CT molecular complexity index is 2680. The zero-order chi connectivity index (χ0) is 35.8. The molecule has 1 radical (unpaired) electrons. The molecule has 6 aromatic carbocycles. The molecular weight excluding hydrogens is 843 g/mol. The van der Waals surface area contributed by atoms with Gasteiger partial charge in [-0.05, 0) is 52.9 Å². The van der Waals surface area contributed by atoms with Gasteiger partial charge in [0.25, 0.3) is 0 Å². The van der Waals surface area contributed by atoms with Gasteiger partial charge in [-0.1, -0.05) is 123 Å². The first-order valence-electron chi connectivity index (χ1n) is 18.0. The fourth-order valence-electron chi connectivity index (χ4n) is 7.18. The molecule has 0 unspecified atom stereocenters. The van der Waals surface area contributed by atoms with Gasteiger partial charge in [0.15, 0.2) is 0 Å². The number of furan rings is 1. The van der Waals surface area contributed by atoms with Crippen LogP contribution in [0.2, 0.25) is 19.6 Å². The van der Waals surface area contributed by atoms with E-state index in [1.54, 1.807) is 0 Å². The van der Waals surface area contributed by atoms with E-state index in [0.29, 0.717) is 5.92 Å². The molecule has 9 rings (SSSR count). The average Bonchev–Trinajstić information content (AvgIpc) is 3.73. The number of imidazole rings is 1. The Balaban J connectivity index is 0.000000180. The van der Waals surface area contributed by atoms with Crippen molar-refractivity contribution in [2.45, 2.75) is 39.9 Å². The van der Waals surface area contributed by atoms with Crippen LogP contribution in [0, 0.1) is 18.1 Å². The van der Waals surface area contributed by atoms with Gasteiger partial charge < -0.3 is 14.0 Å². The van der Waals surface area contributed by atoms with E-state index in [-0.39, 0.29) is 20.1 Å². The fraction of sp³-hybridized carbons (Fsp3) is 0.149. The molecule has 3 heterocycles. The van der Waals surface area contributed by atoms with Crippen molar-refractivity contribution in [1.82, 2.24) is 14.5 Å². The summed E-state index contributed by atoms with van der Waals surface area (Å²) in [6.45, 7) is 11.7. The van der Waals surface area contributed by atoms with Gasteiger partial charge in [-0.25, -0.2) is 0 Å². The average molecular weight is 884 g/mol. The number of hydrogen-bond donors (Lipinski definition) is 0. The van der Waals surface area contributed by atoms with Gasteiger partial charge >= 0.3 is 0 Å². The predicted octanol–water partition coefficient (Wildman–Crippen LogP) is 11.8. The van der Waals surface area contributed by atoms with Gasteiger partial charge in [0, 0.05) is 42.8 Å². The van der Waals surface area contributed by atoms with Crippen molar-refractivity contribution in [2.75, 3.05) is 0 Å². The van der Waals surface area contributed by atoms with Crippen molar-refractivity contribution in [3.8, 4) is 28.3 Å². The van der Waals surface area contributed by atoms with E-state index >= 15 is 0 Å². The zero-order valence-corrected chi connectivity index (χ0v) is 34.0. The van der Waals surface area contributed by atoms with Gasteiger partial charge in [-0.3, -0.25) is 4.98 Å². The maximum absolute atomic E-state index is 6.33. The molecular formula is C47H41IrN3OSi-2. The monoisotopic (exact) mass is 884 g/mol. The second kappa shape index (κ2) is 15.1. The maximum atomic E-state index is 6.33. The number of aromatic nitrogens is 3. The van der Waals surface area contributed by atoms with Gasteiger partial charge in [0.05, 0.1) is 30.5 Å². The Morgan fingerprint density at radius 3 is 2.26 bits per heavy atom. The second-order valence-corrected chi connectivity index (χ2v) is 19.8. The number of nitrogens with zero attached hydrogens (tertiary/aromatic N) is 3. The second-order valence-electron chi connectivity index (χ2n) is 14.8. The van der Waals surface area contributed by atoms with Crippen molar-refractivity contribution in [3.63, 3.8) is 0 Å². The van der Waals surface area contributed by atoms with E-state index in [1.165, 1.54) is 21.5 Å².